The molecule has 1 aliphatic rings. The van der Waals surface area contributed by atoms with Crippen LogP contribution in [0.4, 0.5) is 16.0 Å². The van der Waals surface area contributed by atoms with Crippen LogP contribution in [0, 0.1) is 5.82 Å². The molecule has 2 aromatic heterocycles. The standard InChI is InChI=1S/C20H19FN6OS/c1-3-26(20-23-19(24-25-20)15-6-4-5-9-22-15)18(28)11-27-13(2)12-29-17-10-14(21)7-8-16(17)27/h4-10H,2-3,11-12H2,1H3,(H,23,24,25). The van der Waals surface area contributed by atoms with Gasteiger partial charge in [0.15, 0.2) is 5.82 Å². The SMILES string of the molecule is C=C1CSc2cc(F)ccc2N1CC(=O)N(CC)c1n[nH]c(-c2ccccn2)n1. The van der Waals surface area contributed by atoms with Gasteiger partial charge in [-0.05, 0) is 37.3 Å². The summed E-state index contributed by atoms with van der Waals surface area (Å²) in [6.07, 6.45) is 1.67. The van der Waals surface area contributed by atoms with Crippen molar-refractivity contribution < 1.29 is 9.18 Å². The van der Waals surface area contributed by atoms with Crippen LogP contribution in [0.15, 0.2) is 59.8 Å². The Hall–Kier alpha value is -3.20. The second-order valence-corrected chi connectivity index (χ2v) is 7.41. The van der Waals surface area contributed by atoms with Crippen LogP contribution in [-0.2, 0) is 4.79 Å². The van der Waals surface area contributed by atoms with Crippen molar-refractivity contribution in [2.24, 2.45) is 0 Å². The second kappa shape index (κ2) is 8.04. The number of hydrogen-bond acceptors (Lipinski definition) is 6. The first-order valence-electron chi connectivity index (χ1n) is 9.08. The van der Waals surface area contributed by atoms with E-state index in [1.165, 1.54) is 28.8 Å². The molecule has 7 nitrogen and oxygen atoms in total. The fraction of sp³-hybridized carbons (Fsp3) is 0.200. The van der Waals surface area contributed by atoms with Gasteiger partial charge in [-0.3, -0.25) is 19.8 Å². The number of aromatic nitrogens is 4. The summed E-state index contributed by atoms with van der Waals surface area (Å²) in [6, 6.07) is 10.0. The number of nitrogens with one attached hydrogen (secondary N) is 1. The van der Waals surface area contributed by atoms with Gasteiger partial charge in [0.05, 0.1) is 5.69 Å². The number of benzene rings is 1. The summed E-state index contributed by atoms with van der Waals surface area (Å²) in [6.45, 7) is 6.40. The van der Waals surface area contributed by atoms with Gasteiger partial charge < -0.3 is 4.90 Å². The fourth-order valence-corrected chi connectivity index (χ4v) is 4.07. The Balaban J connectivity index is 1.56. The van der Waals surface area contributed by atoms with Crippen molar-refractivity contribution in [3.05, 3.63) is 60.7 Å². The molecule has 148 valence electrons. The quantitative estimate of drug-likeness (QED) is 0.694. The maximum absolute atomic E-state index is 13.6. The summed E-state index contributed by atoms with van der Waals surface area (Å²) < 4.78 is 13.6. The monoisotopic (exact) mass is 410 g/mol. The lowest BCUT2D eigenvalue weighted by Crippen LogP contribution is -2.41. The van der Waals surface area contributed by atoms with E-state index in [1.807, 2.05) is 30.0 Å². The van der Waals surface area contributed by atoms with Crippen LogP contribution in [-0.4, -0.2) is 44.9 Å². The van der Waals surface area contributed by atoms with E-state index in [4.69, 9.17) is 0 Å². The Labute approximate surface area is 171 Å². The molecular weight excluding hydrogens is 391 g/mol. The van der Waals surface area contributed by atoms with Crippen molar-refractivity contribution in [3.8, 4) is 11.5 Å². The molecule has 29 heavy (non-hydrogen) atoms. The summed E-state index contributed by atoms with van der Waals surface area (Å²) in [7, 11) is 0. The maximum atomic E-state index is 13.6. The molecule has 0 bridgehead atoms. The molecular formula is C20H19FN6OS. The Bertz CT molecular complexity index is 1050. The number of aromatic amines is 1. The van der Waals surface area contributed by atoms with Crippen molar-refractivity contribution >= 4 is 29.3 Å². The number of likely N-dealkylation sites (N-methyl/N-ethyl adjacent to an activating group) is 1. The summed E-state index contributed by atoms with van der Waals surface area (Å²) in [5.41, 5.74) is 2.22. The first kappa shape index (κ1) is 19.1. The number of carbonyl (C=O) groups excluding carboxylic acids is 1. The minimum atomic E-state index is -0.298. The molecule has 9 heteroatoms. The Morgan fingerprint density at radius 2 is 2.24 bits per heavy atom. The molecule has 0 unspecified atom stereocenters. The smallest absolute Gasteiger partial charge is 0.251 e. The molecule has 1 aliphatic heterocycles. The van der Waals surface area contributed by atoms with Gasteiger partial charge in [-0.1, -0.05) is 12.6 Å². The van der Waals surface area contributed by atoms with Gasteiger partial charge in [0, 0.05) is 29.1 Å². The van der Waals surface area contributed by atoms with Crippen molar-refractivity contribution in [2.45, 2.75) is 11.8 Å². The number of halogens is 1. The first-order valence-corrected chi connectivity index (χ1v) is 10.1. The topological polar surface area (TPSA) is 78.0 Å². The molecule has 0 atom stereocenters. The van der Waals surface area contributed by atoms with Gasteiger partial charge in [-0.15, -0.1) is 16.9 Å². The zero-order valence-corrected chi connectivity index (χ0v) is 16.6. The first-order chi connectivity index (χ1) is 14.1. The second-order valence-electron chi connectivity index (χ2n) is 6.39. The van der Waals surface area contributed by atoms with Crippen molar-refractivity contribution in [2.75, 3.05) is 28.6 Å². The number of anilines is 2. The summed E-state index contributed by atoms with van der Waals surface area (Å²) in [5, 5.41) is 7.02. The van der Waals surface area contributed by atoms with Crippen molar-refractivity contribution in [3.63, 3.8) is 0 Å². The van der Waals surface area contributed by atoms with E-state index in [0.29, 0.717) is 23.8 Å². The number of H-pyrrole nitrogens is 1. The normalized spacial score (nSPS) is 13.3. The van der Waals surface area contributed by atoms with Crippen LogP contribution < -0.4 is 9.80 Å². The van der Waals surface area contributed by atoms with Gasteiger partial charge in [-0.2, -0.15) is 4.98 Å². The van der Waals surface area contributed by atoms with Crippen LogP contribution in [0.5, 0.6) is 0 Å². The van der Waals surface area contributed by atoms with E-state index in [-0.39, 0.29) is 24.2 Å². The minimum absolute atomic E-state index is 0.0688. The maximum Gasteiger partial charge on any atom is 0.251 e. The number of nitrogens with zero attached hydrogens (tertiary/aromatic N) is 5. The highest BCUT2D eigenvalue weighted by molar-refractivity contribution is 7.99. The molecule has 4 rings (SSSR count). The number of hydrogen-bond donors (Lipinski definition) is 1. The average Bonchev–Trinajstić information content (AvgIpc) is 3.21. The van der Waals surface area contributed by atoms with Crippen LogP contribution in [0.2, 0.25) is 0 Å². The minimum Gasteiger partial charge on any atom is -0.334 e. The summed E-state index contributed by atoms with van der Waals surface area (Å²) in [4.78, 5) is 25.8. The highest BCUT2D eigenvalue weighted by atomic mass is 32.2. The van der Waals surface area contributed by atoms with Crippen LogP contribution in [0.3, 0.4) is 0 Å². The van der Waals surface area contributed by atoms with E-state index < -0.39 is 0 Å². The zero-order valence-electron chi connectivity index (χ0n) is 15.8. The van der Waals surface area contributed by atoms with Crippen molar-refractivity contribution in [1.29, 1.82) is 0 Å². The number of rotatable bonds is 5. The largest absolute Gasteiger partial charge is 0.334 e. The van der Waals surface area contributed by atoms with E-state index in [1.54, 1.807) is 12.3 Å². The molecule has 3 aromatic rings. The van der Waals surface area contributed by atoms with Crippen LogP contribution in [0.1, 0.15) is 6.92 Å². The molecule has 0 aliphatic carbocycles. The lowest BCUT2D eigenvalue weighted by Gasteiger charge is -2.33. The predicted octanol–water partition coefficient (Wildman–Crippen LogP) is 3.48. The van der Waals surface area contributed by atoms with Crippen LogP contribution in [0.25, 0.3) is 11.5 Å². The van der Waals surface area contributed by atoms with E-state index in [2.05, 4.69) is 26.7 Å². The third-order valence-corrected chi connectivity index (χ3v) is 5.64. The number of fused-ring (bicyclic) bond motifs is 1. The lowest BCUT2D eigenvalue weighted by atomic mass is 10.2. The third-order valence-electron chi connectivity index (χ3n) is 4.52. The Morgan fingerprint density at radius 1 is 1.38 bits per heavy atom. The number of carbonyl (C=O) groups is 1. The highest BCUT2D eigenvalue weighted by Crippen LogP contribution is 2.38. The average molecular weight is 410 g/mol. The summed E-state index contributed by atoms with van der Waals surface area (Å²) >= 11 is 1.51. The zero-order chi connectivity index (χ0) is 20.4. The molecule has 1 aromatic carbocycles. The highest BCUT2D eigenvalue weighted by Gasteiger charge is 2.27. The van der Waals surface area contributed by atoms with Gasteiger partial charge in [0.1, 0.15) is 18.1 Å². The molecule has 1 amide bonds. The lowest BCUT2D eigenvalue weighted by molar-refractivity contribution is -0.117. The molecule has 0 saturated heterocycles. The van der Waals surface area contributed by atoms with E-state index in [0.717, 1.165) is 16.3 Å². The predicted molar refractivity (Wildman–Crippen MR) is 111 cm³/mol. The molecule has 0 spiro atoms. The molecule has 0 fully saturated rings. The van der Waals surface area contributed by atoms with Gasteiger partial charge in [-0.25, -0.2) is 4.39 Å². The van der Waals surface area contributed by atoms with Crippen LogP contribution >= 0.6 is 11.8 Å². The van der Waals surface area contributed by atoms with Gasteiger partial charge >= 0.3 is 0 Å². The number of thioether (sulfide) groups is 1. The number of pyridine rings is 1. The fourth-order valence-electron chi connectivity index (χ4n) is 3.07. The van der Waals surface area contributed by atoms with Gasteiger partial charge in [0.25, 0.3) is 5.95 Å². The number of amides is 1. The molecule has 3 heterocycles. The van der Waals surface area contributed by atoms with Gasteiger partial charge in [0.2, 0.25) is 5.91 Å². The molecule has 1 N–H and O–H groups in total. The Morgan fingerprint density at radius 3 is 3.00 bits per heavy atom. The van der Waals surface area contributed by atoms with E-state index in [9.17, 15) is 9.18 Å². The summed E-state index contributed by atoms with van der Waals surface area (Å²) in [5.74, 6) is 0.900. The Kier molecular flexibility index (Phi) is 5.30. The third kappa shape index (κ3) is 3.86. The molecule has 0 radical (unpaired) electrons. The van der Waals surface area contributed by atoms with Crippen molar-refractivity contribution in [1.82, 2.24) is 20.2 Å². The molecule has 0 saturated carbocycles. The van der Waals surface area contributed by atoms with E-state index >= 15 is 0 Å².